The van der Waals surface area contributed by atoms with E-state index in [1.165, 1.54) is 117 Å². The van der Waals surface area contributed by atoms with Crippen LogP contribution >= 0.6 is 11.3 Å². The molecule has 0 unspecified atom stereocenters. The van der Waals surface area contributed by atoms with Gasteiger partial charge < -0.3 is 19.1 Å². The largest absolute Gasteiger partial charge is 0.456 e. The zero-order valence-electron chi connectivity index (χ0n) is 55.8. The minimum atomic E-state index is -0.0480. The van der Waals surface area contributed by atoms with Gasteiger partial charge in [-0.2, -0.15) is 0 Å². The summed E-state index contributed by atoms with van der Waals surface area (Å²) in [7, 11) is 0. The van der Waals surface area contributed by atoms with Gasteiger partial charge in [0.1, 0.15) is 11.2 Å². The summed E-state index contributed by atoms with van der Waals surface area (Å²) in [6.45, 7) is 43.9. The van der Waals surface area contributed by atoms with Crippen molar-refractivity contribution in [1.82, 2.24) is 0 Å². The second-order valence-corrected chi connectivity index (χ2v) is 34.5. The highest BCUT2D eigenvalue weighted by Gasteiger charge is 2.50. The second-order valence-electron chi connectivity index (χ2n) is 33.4. The lowest BCUT2D eigenvalue weighted by atomic mass is 9.35. The molecule has 0 atom stereocenters. The molecule has 0 bridgehead atoms. The number of benzene rings is 8. The molecule has 3 aliphatic carbocycles. The number of furan rings is 1. The van der Waals surface area contributed by atoms with Gasteiger partial charge in [0.25, 0.3) is 6.71 Å². The molecule has 15 rings (SSSR count). The molecule has 4 nitrogen and oxygen atoms in total. The van der Waals surface area contributed by atoms with Crippen LogP contribution in [0.15, 0.2) is 150 Å². The van der Waals surface area contributed by atoms with Crippen LogP contribution in [0.3, 0.4) is 0 Å². The van der Waals surface area contributed by atoms with E-state index in [0.29, 0.717) is 0 Å². The average Bonchev–Trinajstić information content (AvgIpc) is 0.918. The molecule has 8 aromatic carbocycles. The molecule has 0 amide bonds. The lowest BCUT2D eigenvalue weighted by molar-refractivity contribution is 0.332. The number of hydrogen-bond donors (Lipinski definition) is 0. The Morgan fingerprint density at radius 1 is 0.409 bits per heavy atom. The van der Waals surface area contributed by atoms with Crippen LogP contribution in [0.25, 0.3) is 32.0 Å². The number of rotatable bonds is 5. The van der Waals surface area contributed by atoms with E-state index in [0.717, 1.165) is 64.7 Å². The van der Waals surface area contributed by atoms with E-state index in [1.54, 1.807) is 0 Å². The topological polar surface area (TPSA) is 22.9 Å². The first-order valence-corrected chi connectivity index (χ1v) is 33.8. The summed E-state index contributed by atoms with van der Waals surface area (Å²) < 4.78 is 9.42. The van der Waals surface area contributed by atoms with Crippen molar-refractivity contribution in [1.29, 1.82) is 0 Å². The second kappa shape index (κ2) is 18.8. The maximum atomic E-state index is 6.59. The SMILES string of the molecule is CC(C)(C)c1ccc(N(c2cc3c4c(c2)N(c2ccc5c(c2)C(C)(C)CCC5(C)C)c2c(sc5cc6c(cc25)C(C)(C)CCC6(C)C)B4c2cc4c(cc2N3c2ccc(C(C)(C)C)cc2)C(C)(C)CCC4(C)C)c2ccc3oc4ccccc4c3c2)cc1. The molecule has 0 fully saturated rings. The molecule has 448 valence electrons. The van der Waals surface area contributed by atoms with Gasteiger partial charge in [0.15, 0.2) is 0 Å². The molecule has 0 saturated carbocycles. The Balaban J connectivity index is 1.11. The van der Waals surface area contributed by atoms with E-state index >= 15 is 0 Å². The van der Waals surface area contributed by atoms with Gasteiger partial charge in [-0.25, -0.2) is 0 Å². The monoisotopic (exact) mass is 1180 g/mol. The van der Waals surface area contributed by atoms with Crippen LogP contribution in [0.1, 0.15) is 208 Å². The van der Waals surface area contributed by atoms with Crippen LogP contribution in [0.5, 0.6) is 0 Å². The Labute approximate surface area is 529 Å². The number of fused-ring (bicyclic) bond motifs is 12. The van der Waals surface area contributed by atoms with Crippen LogP contribution in [-0.2, 0) is 43.3 Å². The first-order chi connectivity index (χ1) is 41.3. The van der Waals surface area contributed by atoms with Crippen LogP contribution in [0, 0.1) is 0 Å². The van der Waals surface area contributed by atoms with Crippen LogP contribution < -0.4 is 30.4 Å². The molecule has 2 aliphatic heterocycles. The smallest absolute Gasteiger partial charge is 0.264 e. The van der Waals surface area contributed by atoms with Crippen molar-refractivity contribution < 1.29 is 4.42 Å². The summed E-state index contributed by atoms with van der Waals surface area (Å²) in [5.41, 5.74) is 27.0. The zero-order chi connectivity index (χ0) is 61.9. The molecular weight excluding hydrogens is 1090 g/mol. The Kier molecular flexibility index (Phi) is 12.3. The fraction of sp³-hybridized carbons (Fsp3) is 0.390. The fourth-order valence-corrected chi connectivity index (χ4v) is 17.8. The lowest BCUT2D eigenvalue weighted by Crippen LogP contribution is -2.61. The van der Waals surface area contributed by atoms with E-state index in [9.17, 15) is 0 Å². The average molecular weight is 1180 g/mol. The van der Waals surface area contributed by atoms with Crippen molar-refractivity contribution >= 4 is 117 Å². The first-order valence-electron chi connectivity index (χ1n) is 33.0. The maximum Gasteiger partial charge on any atom is 0.264 e. The Bertz CT molecular complexity index is 4550. The predicted molar refractivity (Wildman–Crippen MR) is 381 cm³/mol. The van der Waals surface area contributed by atoms with Crippen molar-refractivity contribution in [3.63, 3.8) is 0 Å². The van der Waals surface area contributed by atoms with E-state index in [4.69, 9.17) is 4.42 Å². The van der Waals surface area contributed by atoms with Gasteiger partial charge >= 0.3 is 0 Å². The summed E-state index contributed by atoms with van der Waals surface area (Å²) >= 11 is 2.07. The molecule has 5 aliphatic rings. The van der Waals surface area contributed by atoms with Gasteiger partial charge in [0, 0.05) is 65.4 Å². The van der Waals surface area contributed by atoms with Crippen LogP contribution in [-0.4, -0.2) is 6.71 Å². The van der Waals surface area contributed by atoms with Crippen LogP contribution in [0.2, 0.25) is 0 Å². The molecule has 88 heavy (non-hydrogen) atoms. The molecule has 0 radical (unpaired) electrons. The highest BCUT2D eigenvalue weighted by molar-refractivity contribution is 7.33. The molecule has 6 heteroatoms. The molecule has 10 aromatic rings. The van der Waals surface area contributed by atoms with Gasteiger partial charge in [-0.3, -0.25) is 0 Å². The van der Waals surface area contributed by atoms with Crippen molar-refractivity contribution in [3.8, 4) is 0 Å². The first kappa shape index (κ1) is 57.4. The normalized spacial score (nSPS) is 19.0. The van der Waals surface area contributed by atoms with Crippen molar-refractivity contribution in [2.75, 3.05) is 14.7 Å². The zero-order valence-corrected chi connectivity index (χ0v) is 56.7. The molecule has 0 N–H and O–H groups in total. The Hall–Kier alpha value is -7.02. The standard InChI is InChI=1S/C82H90BN3OS/c1-75(2,3)49-23-27-51(28-24-49)84(53-32-34-70-57(41-53)56-21-19-20-22-69(56)87-70)55-43-67-72-68(44-55)86(54-31-33-59-60(42-54)78(9,10)36-35-77(59,7)8)73-58-45-61-64(82(17,18)40-37-79(61,11)12)48-71(58)88-74(73)83(72)65-46-62-63(81(15,16)39-38-80(62,13)14)47-66(65)85(67)52-29-25-50(26-30-52)76(4,5)6/h19-34,41-48H,35-40H2,1-18H3. The molecule has 2 aromatic heterocycles. The number of hydrogen-bond acceptors (Lipinski definition) is 5. The quantitative estimate of drug-likeness (QED) is 0.160. The van der Waals surface area contributed by atoms with Crippen molar-refractivity contribution in [3.05, 3.63) is 190 Å². The van der Waals surface area contributed by atoms with Crippen molar-refractivity contribution in [2.45, 2.75) is 206 Å². The number of thiophene rings is 1. The maximum absolute atomic E-state index is 6.59. The molecule has 4 heterocycles. The summed E-state index contributed by atoms with van der Waals surface area (Å²) in [5.74, 6) is 0. The van der Waals surface area contributed by atoms with Gasteiger partial charge in [0.2, 0.25) is 0 Å². The highest BCUT2D eigenvalue weighted by Crippen LogP contribution is 2.57. The minimum absolute atomic E-state index is 0.000114. The summed E-state index contributed by atoms with van der Waals surface area (Å²) in [6.07, 6.45) is 6.93. The fourth-order valence-electron chi connectivity index (χ4n) is 16.5. The lowest BCUT2D eigenvalue weighted by Gasteiger charge is -2.47. The summed E-state index contributed by atoms with van der Waals surface area (Å²) in [5, 5.41) is 3.60. The summed E-state index contributed by atoms with van der Waals surface area (Å²) in [4.78, 5) is 8.03. The molecule has 0 spiro atoms. The summed E-state index contributed by atoms with van der Waals surface area (Å²) in [6, 6.07) is 58.0. The number of nitrogens with zero attached hydrogens (tertiary/aromatic N) is 3. The Morgan fingerprint density at radius 2 is 0.898 bits per heavy atom. The predicted octanol–water partition coefficient (Wildman–Crippen LogP) is 22.0. The Morgan fingerprint density at radius 3 is 1.50 bits per heavy atom. The number of para-hydroxylation sites is 1. The van der Waals surface area contributed by atoms with Crippen molar-refractivity contribution in [2.24, 2.45) is 0 Å². The van der Waals surface area contributed by atoms with Gasteiger partial charge in [0.05, 0.1) is 11.4 Å². The number of anilines is 9. The van der Waals surface area contributed by atoms with E-state index in [2.05, 4.69) is 296 Å². The molecular formula is C82H90BN3OS. The highest BCUT2D eigenvalue weighted by atomic mass is 32.1. The van der Waals surface area contributed by atoms with Crippen LogP contribution in [0.4, 0.5) is 51.2 Å². The molecule has 0 saturated heterocycles. The van der Waals surface area contributed by atoms with Gasteiger partial charge in [-0.1, -0.05) is 179 Å². The van der Waals surface area contributed by atoms with Gasteiger partial charge in [-0.05, 0) is 228 Å². The third kappa shape index (κ3) is 8.70. The van der Waals surface area contributed by atoms with Gasteiger partial charge in [-0.15, -0.1) is 11.3 Å². The third-order valence-electron chi connectivity index (χ3n) is 22.5. The van der Waals surface area contributed by atoms with E-state index in [-0.39, 0.29) is 50.0 Å². The van der Waals surface area contributed by atoms with E-state index < -0.39 is 0 Å². The van der Waals surface area contributed by atoms with E-state index in [1.807, 2.05) is 0 Å². The minimum Gasteiger partial charge on any atom is -0.456 e. The third-order valence-corrected chi connectivity index (χ3v) is 23.8.